The molecule has 3 aromatic rings. The van der Waals surface area contributed by atoms with Crippen LogP contribution in [0.4, 0.5) is 10.1 Å². The van der Waals surface area contributed by atoms with E-state index in [4.69, 9.17) is 4.74 Å². The molecule has 0 fully saturated rings. The largest absolute Gasteiger partial charge is 0.454 e. The molecule has 0 saturated carbocycles. The Morgan fingerprint density at radius 3 is 2.42 bits per heavy atom. The fraction of sp³-hybridized carbons (Fsp3) is 0.227. The Hall–Kier alpha value is -2.88. The molecule has 0 amide bonds. The van der Waals surface area contributed by atoms with E-state index in [1.807, 2.05) is 36.4 Å². The summed E-state index contributed by atoms with van der Waals surface area (Å²) in [5.41, 5.74) is 3.01. The number of benzene rings is 2. The average molecular weight is 350 g/mol. The zero-order valence-electron chi connectivity index (χ0n) is 15.3. The predicted octanol–water partition coefficient (Wildman–Crippen LogP) is 5.92. The van der Waals surface area contributed by atoms with Crippen molar-refractivity contribution in [2.75, 3.05) is 5.32 Å². The minimum absolute atomic E-state index is 0.0748. The topological polar surface area (TPSA) is 34.1 Å². The minimum Gasteiger partial charge on any atom is -0.454 e. The first kappa shape index (κ1) is 17.9. The van der Waals surface area contributed by atoms with E-state index < -0.39 is 5.82 Å². The van der Waals surface area contributed by atoms with Gasteiger partial charge in [-0.2, -0.15) is 0 Å². The van der Waals surface area contributed by atoms with Gasteiger partial charge in [-0.15, -0.1) is 0 Å². The molecular weight excluding hydrogens is 327 g/mol. The first-order chi connectivity index (χ1) is 12.4. The van der Waals surface area contributed by atoms with Crippen molar-refractivity contribution in [3.8, 4) is 11.5 Å². The first-order valence-corrected chi connectivity index (χ1v) is 8.62. The van der Waals surface area contributed by atoms with Gasteiger partial charge < -0.3 is 10.1 Å². The van der Waals surface area contributed by atoms with E-state index in [9.17, 15) is 4.39 Å². The molecule has 1 N–H and O–H groups in total. The van der Waals surface area contributed by atoms with Crippen LogP contribution in [0.3, 0.4) is 0 Å². The average Bonchev–Trinajstić information content (AvgIpc) is 2.62. The van der Waals surface area contributed by atoms with Gasteiger partial charge in [0.2, 0.25) is 0 Å². The highest BCUT2D eigenvalue weighted by Crippen LogP contribution is 2.29. The van der Waals surface area contributed by atoms with Gasteiger partial charge in [-0.1, -0.05) is 39.0 Å². The van der Waals surface area contributed by atoms with E-state index >= 15 is 0 Å². The number of hydrogen-bond acceptors (Lipinski definition) is 3. The third kappa shape index (κ3) is 4.60. The Morgan fingerprint density at radius 1 is 1.04 bits per heavy atom. The fourth-order valence-electron chi connectivity index (χ4n) is 2.55. The highest BCUT2D eigenvalue weighted by molar-refractivity contribution is 5.48. The number of aromatic nitrogens is 1. The van der Waals surface area contributed by atoms with Crippen LogP contribution in [0.15, 0.2) is 67.0 Å². The molecule has 0 aliphatic rings. The number of rotatable bonds is 5. The normalized spacial score (nSPS) is 11.2. The molecule has 0 radical (unpaired) electrons. The number of halogens is 1. The van der Waals surface area contributed by atoms with E-state index in [1.54, 1.807) is 24.5 Å². The van der Waals surface area contributed by atoms with Crippen LogP contribution in [0.25, 0.3) is 0 Å². The van der Waals surface area contributed by atoms with E-state index in [0.29, 0.717) is 18.0 Å². The van der Waals surface area contributed by atoms with Crippen molar-refractivity contribution in [3.05, 3.63) is 83.9 Å². The quantitative estimate of drug-likeness (QED) is 0.620. The molecule has 1 aromatic heterocycles. The molecule has 0 aliphatic carbocycles. The van der Waals surface area contributed by atoms with Crippen molar-refractivity contribution in [1.82, 2.24) is 4.98 Å². The number of anilines is 1. The molecule has 3 nitrogen and oxygen atoms in total. The second-order valence-corrected chi connectivity index (χ2v) is 7.24. The summed E-state index contributed by atoms with van der Waals surface area (Å²) in [6.07, 6.45) is 3.51. The lowest BCUT2D eigenvalue weighted by Crippen LogP contribution is -2.10. The summed E-state index contributed by atoms with van der Waals surface area (Å²) in [6.45, 7) is 7.04. The molecule has 26 heavy (non-hydrogen) atoms. The van der Waals surface area contributed by atoms with Gasteiger partial charge in [-0.25, -0.2) is 4.39 Å². The second kappa shape index (κ2) is 7.56. The molecule has 0 bridgehead atoms. The molecule has 0 aliphatic heterocycles. The van der Waals surface area contributed by atoms with Gasteiger partial charge in [0.25, 0.3) is 0 Å². The molecule has 3 rings (SSSR count). The maximum Gasteiger partial charge on any atom is 0.167 e. The molecule has 0 saturated heterocycles. The van der Waals surface area contributed by atoms with Crippen LogP contribution in [-0.2, 0) is 12.0 Å². The highest BCUT2D eigenvalue weighted by atomic mass is 19.1. The van der Waals surface area contributed by atoms with Crippen LogP contribution in [0.1, 0.15) is 31.9 Å². The number of ether oxygens (including phenoxy) is 1. The van der Waals surface area contributed by atoms with Gasteiger partial charge in [0, 0.05) is 30.7 Å². The van der Waals surface area contributed by atoms with Crippen LogP contribution >= 0.6 is 0 Å². The summed E-state index contributed by atoms with van der Waals surface area (Å²) in [4.78, 5) is 4.06. The van der Waals surface area contributed by atoms with Crippen molar-refractivity contribution in [1.29, 1.82) is 0 Å². The fourth-order valence-corrected chi connectivity index (χ4v) is 2.55. The smallest absolute Gasteiger partial charge is 0.167 e. The maximum atomic E-state index is 14.4. The molecule has 0 spiro atoms. The highest BCUT2D eigenvalue weighted by Gasteiger charge is 2.13. The molecule has 2 aromatic carbocycles. The van der Waals surface area contributed by atoms with Crippen molar-refractivity contribution in [2.24, 2.45) is 0 Å². The lowest BCUT2D eigenvalue weighted by molar-refractivity contribution is 0.442. The Labute approximate surface area is 153 Å². The van der Waals surface area contributed by atoms with Crippen LogP contribution < -0.4 is 10.1 Å². The van der Waals surface area contributed by atoms with Crippen molar-refractivity contribution in [2.45, 2.75) is 32.7 Å². The van der Waals surface area contributed by atoms with Gasteiger partial charge in [0.05, 0.1) is 0 Å². The number of nitrogens with zero attached hydrogens (tertiary/aromatic N) is 1. The van der Waals surface area contributed by atoms with Crippen molar-refractivity contribution >= 4 is 5.69 Å². The number of pyridine rings is 1. The van der Waals surface area contributed by atoms with Crippen LogP contribution in [-0.4, -0.2) is 4.98 Å². The Morgan fingerprint density at radius 2 is 1.81 bits per heavy atom. The summed E-state index contributed by atoms with van der Waals surface area (Å²) in [5, 5.41) is 3.18. The molecule has 1 heterocycles. The number of hydrogen-bond donors (Lipinski definition) is 1. The van der Waals surface area contributed by atoms with Crippen LogP contribution in [0, 0.1) is 5.82 Å². The maximum absolute atomic E-state index is 14.4. The zero-order chi connectivity index (χ0) is 18.6. The first-order valence-electron chi connectivity index (χ1n) is 8.62. The SMILES string of the molecule is CC(C)(C)c1ccc(Oc2ccc(NCc3cccnc3)cc2F)cc1. The van der Waals surface area contributed by atoms with Crippen LogP contribution in [0.5, 0.6) is 11.5 Å². The zero-order valence-corrected chi connectivity index (χ0v) is 15.3. The molecular formula is C22H23FN2O. The van der Waals surface area contributed by atoms with E-state index in [0.717, 1.165) is 5.56 Å². The van der Waals surface area contributed by atoms with Gasteiger partial charge >= 0.3 is 0 Å². The monoisotopic (exact) mass is 350 g/mol. The summed E-state index contributed by atoms with van der Waals surface area (Å²) >= 11 is 0. The standard InChI is InChI=1S/C22H23FN2O/c1-22(2,3)17-6-9-19(10-7-17)26-21-11-8-18(13-20(21)23)25-15-16-5-4-12-24-14-16/h4-14,25H,15H2,1-3H3. The summed E-state index contributed by atoms with van der Waals surface area (Å²) < 4.78 is 20.0. The Balaban J connectivity index is 1.66. The molecule has 134 valence electrons. The van der Waals surface area contributed by atoms with E-state index in [1.165, 1.54) is 11.6 Å². The summed E-state index contributed by atoms with van der Waals surface area (Å²) in [7, 11) is 0. The lowest BCUT2D eigenvalue weighted by atomic mass is 9.87. The van der Waals surface area contributed by atoms with Gasteiger partial charge in [0.1, 0.15) is 5.75 Å². The van der Waals surface area contributed by atoms with Crippen molar-refractivity contribution < 1.29 is 9.13 Å². The molecule has 4 heteroatoms. The van der Waals surface area contributed by atoms with Gasteiger partial charge in [-0.05, 0) is 46.9 Å². The predicted molar refractivity (Wildman–Crippen MR) is 103 cm³/mol. The van der Waals surface area contributed by atoms with E-state index in [-0.39, 0.29) is 11.2 Å². The molecule has 0 unspecified atom stereocenters. The minimum atomic E-state index is -0.402. The van der Waals surface area contributed by atoms with Gasteiger partial charge in [0.15, 0.2) is 11.6 Å². The van der Waals surface area contributed by atoms with Crippen LogP contribution in [0.2, 0.25) is 0 Å². The van der Waals surface area contributed by atoms with E-state index in [2.05, 4.69) is 31.1 Å². The third-order valence-corrected chi connectivity index (χ3v) is 4.10. The number of nitrogens with one attached hydrogen (secondary N) is 1. The third-order valence-electron chi connectivity index (χ3n) is 4.10. The summed E-state index contributed by atoms with van der Waals surface area (Å²) in [5.74, 6) is 0.425. The Bertz CT molecular complexity index is 856. The van der Waals surface area contributed by atoms with Crippen molar-refractivity contribution in [3.63, 3.8) is 0 Å². The lowest BCUT2D eigenvalue weighted by Gasteiger charge is -2.19. The Kier molecular flexibility index (Phi) is 5.21. The second-order valence-electron chi connectivity index (χ2n) is 7.24. The van der Waals surface area contributed by atoms with Gasteiger partial charge in [-0.3, -0.25) is 4.98 Å². The molecule has 0 atom stereocenters. The summed E-state index contributed by atoms with van der Waals surface area (Å²) in [6, 6.07) is 16.5.